The minimum atomic E-state index is -0.561. The molecule has 0 amide bonds. The number of benzene rings is 2. The van der Waals surface area contributed by atoms with Gasteiger partial charge in [-0.05, 0) is 37.6 Å². The number of hydrogen-bond donors (Lipinski definition) is 1. The average molecular weight is 354 g/mol. The molecule has 0 fully saturated rings. The van der Waals surface area contributed by atoms with Gasteiger partial charge in [-0.2, -0.15) is 0 Å². The van der Waals surface area contributed by atoms with Crippen molar-refractivity contribution in [2.75, 3.05) is 6.54 Å². The molecule has 0 aliphatic rings. The molecule has 4 heteroatoms. The topological polar surface area (TPSA) is 12.0 Å². The zero-order chi connectivity index (χ0) is 15.4. The number of aryl methyl sites for hydroxylation is 1. The van der Waals surface area contributed by atoms with E-state index in [0.717, 1.165) is 34.6 Å². The minimum absolute atomic E-state index is 0.306. The fraction of sp³-hybridized carbons (Fsp3) is 0.294. The van der Waals surface area contributed by atoms with E-state index in [-0.39, 0.29) is 6.04 Å². The summed E-state index contributed by atoms with van der Waals surface area (Å²) in [7, 11) is 0. The van der Waals surface area contributed by atoms with E-state index in [1.54, 1.807) is 0 Å². The van der Waals surface area contributed by atoms with Crippen molar-refractivity contribution in [1.82, 2.24) is 5.32 Å². The second kappa shape index (κ2) is 7.14. The molecule has 0 saturated heterocycles. The molecule has 1 nitrogen and oxygen atoms in total. The molecule has 2 aromatic carbocycles. The summed E-state index contributed by atoms with van der Waals surface area (Å²) in [5, 5.41) is 3.34. The van der Waals surface area contributed by atoms with Crippen molar-refractivity contribution in [3.63, 3.8) is 0 Å². The predicted octanol–water partition coefficient (Wildman–Crippen LogP) is 5.12. The van der Waals surface area contributed by atoms with Crippen molar-refractivity contribution < 1.29 is 8.78 Å². The highest BCUT2D eigenvalue weighted by Gasteiger charge is 2.20. The highest BCUT2D eigenvalue weighted by Crippen LogP contribution is 2.31. The first-order valence-corrected chi connectivity index (χ1v) is 7.76. The SMILES string of the molecule is CCCNC(c1ccc(F)cc1F)c1cc(C)ccc1Br. The third-order valence-corrected chi connectivity index (χ3v) is 4.06. The van der Waals surface area contributed by atoms with E-state index in [1.165, 1.54) is 12.1 Å². The van der Waals surface area contributed by atoms with Crippen molar-refractivity contribution in [3.05, 3.63) is 69.2 Å². The van der Waals surface area contributed by atoms with Crippen LogP contribution in [0.5, 0.6) is 0 Å². The highest BCUT2D eigenvalue weighted by molar-refractivity contribution is 9.10. The van der Waals surface area contributed by atoms with E-state index >= 15 is 0 Å². The smallest absolute Gasteiger partial charge is 0.131 e. The number of halogens is 3. The van der Waals surface area contributed by atoms with Gasteiger partial charge < -0.3 is 5.32 Å². The summed E-state index contributed by atoms with van der Waals surface area (Å²) in [6.07, 6.45) is 0.933. The van der Waals surface area contributed by atoms with Gasteiger partial charge in [0.1, 0.15) is 11.6 Å². The molecule has 0 aliphatic heterocycles. The van der Waals surface area contributed by atoms with Crippen molar-refractivity contribution in [1.29, 1.82) is 0 Å². The van der Waals surface area contributed by atoms with Crippen LogP contribution in [-0.2, 0) is 0 Å². The van der Waals surface area contributed by atoms with Gasteiger partial charge in [0.25, 0.3) is 0 Å². The first-order valence-electron chi connectivity index (χ1n) is 6.97. The van der Waals surface area contributed by atoms with E-state index in [2.05, 4.69) is 28.2 Å². The molecule has 1 atom stereocenters. The van der Waals surface area contributed by atoms with Crippen molar-refractivity contribution in [3.8, 4) is 0 Å². The highest BCUT2D eigenvalue weighted by atomic mass is 79.9. The molecule has 0 heterocycles. The number of rotatable bonds is 5. The summed E-state index contributed by atoms with van der Waals surface area (Å²) in [4.78, 5) is 0. The number of hydrogen-bond acceptors (Lipinski definition) is 1. The van der Waals surface area contributed by atoms with Crippen LogP contribution in [0.4, 0.5) is 8.78 Å². The molecule has 21 heavy (non-hydrogen) atoms. The Labute approximate surface area is 132 Å². The van der Waals surface area contributed by atoms with Crippen LogP contribution in [0.2, 0.25) is 0 Å². The Balaban J connectivity index is 2.49. The van der Waals surface area contributed by atoms with Crippen LogP contribution in [-0.4, -0.2) is 6.54 Å². The first kappa shape index (κ1) is 16.1. The lowest BCUT2D eigenvalue weighted by molar-refractivity contribution is 0.532. The largest absolute Gasteiger partial charge is 0.306 e. The molecule has 0 radical (unpaired) electrons. The Morgan fingerprint density at radius 3 is 2.52 bits per heavy atom. The zero-order valence-electron chi connectivity index (χ0n) is 12.1. The lowest BCUT2D eigenvalue weighted by atomic mass is 9.96. The van der Waals surface area contributed by atoms with Gasteiger partial charge in [0.15, 0.2) is 0 Å². The standard InChI is InChI=1S/C17H18BrF2N/c1-3-8-21-17(13-6-5-12(19)10-16(13)20)14-9-11(2)4-7-15(14)18/h4-7,9-10,17,21H,3,8H2,1-2H3. The van der Waals surface area contributed by atoms with Gasteiger partial charge in [0.05, 0.1) is 6.04 Å². The van der Waals surface area contributed by atoms with Crippen LogP contribution in [0.3, 0.4) is 0 Å². The maximum Gasteiger partial charge on any atom is 0.131 e. The summed E-state index contributed by atoms with van der Waals surface area (Å²) in [5.41, 5.74) is 2.50. The molecule has 0 aromatic heterocycles. The lowest BCUT2D eigenvalue weighted by Gasteiger charge is -2.22. The van der Waals surface area contributed by atoms with Crippen LogP contribution >= 0.6 is 15.9 Å². The van der Waals surface area contributed by atoms with Gasteiger partial charge in [0, 0.05) is 16.1 Å². The van der Waals surface area contributed by atoms with Crippen molar-refractivity contribution in [2.45, 2.75) is 26.3 Å². The van der Waals surface area contributed by atoms with Crippen LogP contribution in [0.25, 0.3) is 0 Å². The summed E-state index contributed by atoms with van der Waals surface area (Å²) < 4.78 is 28.2. The summed E-state index contributed by atoms with van der Waals surface area (Å²) >= 11 is 3.52. The maximum atomic E-state index is 14.2. The van der Waals surface area contributed by atoms with Crippen molar-refractivity contribution in [2.24, 2.45) is 0 Å². The Bertz CT molecular complexity index is 628. The predicted molar refractivity (Wildman–Crippen MR) is 85.4 cm³/mol. The third kappa shape index (κ3) is 3.89. The van der Waals surface area contributed by atoms with Gasteiger partial charge in [-0.3, -0.25) is 0 Å². The van der Waals surface area contributed by atoms with Gasteiger partial charge in [-0.15, -0.1) is 0 Å². The number of nitrogens with one attached hydrogen (secondary N) is 1. The van der Waals surface area contributed by atoms with E-state index in [9.17, 15) is 8.78 Å². The van der Waals surface area contributed by atoms with Crippen LogP contribution < -0.4 is 5.32 Å². The molecule has 0 aliphatic carbocycles. The molecule has 0 saturated carbocycles. The maximum absolute atomic E-state index is 14.2. The summed E-state index contributed by atoms with van der Waals surface area (Å²) in [6, 6.07) is 9.38. The third-order valence-electron chi connectivity index (χ3n) is 3.33. The summed E-state index contributed by atoms with van der Waals surface area (Å²) in [5.74, 6) is -1.09. The molecule has 1 unspecified atom stereocenters. The van der Waals surface area contributed by atoms with E-state index < -0.39 is 11.6 Å². The molecule has 0 bridgehead atoms. The van der Waals surface area contributed by atoms with Gasteiger partial charge in [-0.1, -0.05) is 46.6 Å². The van der Waals surface area contributed by atoms with Crippen LogP contribution in [0, 0.1) is 18.6 Å². The van der Waals surface area contributed by atoms with Crippen molar-refractivity contribution >= 4 is 15.9 Å². The van der Waals surface area contributed by atoms with E-state index in [0.29, 0.717) is 5.56 Å². The molecule has 2 rings (SSSR count). The monoisotopic (exact) mass is 353 g/mol. The second-order valence-corrected chi connectivity index (χ2v) is 5.93. The van der Waals surface area contributed by atoms with Crippen LogP contribution in [0.1, 0.15) is 36.1 Å². The Morgan fingerprint density at radius 2 is 1.86 bits per heavy atom. The van der Waals surface area contributed by atoms with E-state index in [1.807, 2.05) is 25.1 Å². The van der Waals surface area contributed by atoms with Gasteiger partial charge in [-0.25, -0.2) is 8.78 Å². The van der Waals surface area contributed by atoms with Crippen LogP contribution in [0.15, 0.2) is 40.9 Å². The van der Waals surface area contributed by atoms with Gasteiger partial charge >= 0.3 is 0 Å². The zero-order valence-corrected chi connectivity index (χ0v) is 13.7. The molecular weight excluding hydrogens is 336 g/mol. The Hall–Kier alpha value is -1.26. The fourth-order valence-electron chi connectivity index (χ4n) is 2.30. The average Bonchev–Trinajstić information content (AvgIpc) is 2.44. The van der Waals surface area contributed by atoms with E-state index in [4.69, 9.17) is 0 Å². The summed E-state index contributed by atoms with van der Waals surface area (Å²) in [6.45, 7) is 4.80. The second-order valence-electron chi connectivity index (χ2n) is 5.08. The lowest BCUT2D eigenvalue weighted by Crippen LogP contribution is -2.24. The molecular formula is C17H18BrF2N. The molecule has 1 N–H and O–H groups in total. The normalized spacial score (nSPS) is 12.4. The fourth-order valence-corrected chi connectivity index (χ4v) is 2.77. The van der Waals surface area contributed by atoms with Gasteiger partial charge in [0.2, 0.25) is 0 Å². The molecule has 2 aromatic rings. The quantitative estimate of drug-likeness (QED) is 0.785. The molecule has 0 spiro atoms. The first-order chi connectivity index (χ1) is 10.0. The Morgan fingerprint density at radius 1 is 1.10 bits per heavy atom. The minimum Gasteiger partial charge on any atom is -0.306 e. The molecule has 112 valence electrons. The Kier molecular flexibility index (Phi) is 5.48.